The second-order valence-electron chi connectivity index (χ2n) is 5.21. The standard InChI is InChI=1S/C19H19N/c1-2-13-19(16-20,14-17-9-5-3-6-10-17)15-18-11-7-4-8-12-18/h2-12H,1,13-15H2. The smallest absolute Gasteiger partial charge is 0.0700 e. The summed E-state index contributed by atoms with van der Waals surface area (Å²) in [4.78, 5) is 0. The number of rotatable bonds is 6. The topological polar surface area (TPSA) is 23.8 Å². The second-order valence-corrected chi connectivity index (χ2v) is 5.21. The Morgan fingerprint density at radius 3 is 1.70 bits per heavy atom. The van der Waals surface area contributed by atoms with Crippen LogP contribution in [0.1, 0.15) is 17.5 Å². The van der Waals surface area contributed by atoms with E-state index in [0.29, 0.717) is 6.42 Å². The fourth-order valence-corrected chi connectivity index (χ4v) is 2.58. The number of nitrogens with zero attached hydrogens (tertiary/aromatic N) is 1. The van der Waals surface area contributed by atoms with Crippen LogP contribution < -0.4 is 0 Å². The van der Waals surface area contributed by atoms with Crippen molar-refractivity contribution in [1.29, 1.82) is 5.26 Å². The Morgan fingerprint density at radius 1 is 0.900 bits per heavy atom. The molecule has 0 saturated heterocycles. The molecule has 0 spiro atoms. The molecular formula is C19H19N. The van der Waals surface area contributed by atoms with E-state index in [1.54, 1.807) is 0 Å². The summed E-state index contributed by atoms with van der Waals surface area (Å²) in [6.45, 7) is 3.83. The molecule has 1 nitrogen and oxygen atoms in total. The Labute approximate surface area is 121 Å². The fraction of sp³-hybridized carbons (Fsp3) is 0.211. The molecule has 0 heterocycles. The molecule has 0 atom stereocenters. The van der Waals surface area contributed by atoms with Crippen molar-refractivity contribution in [3.8, 4) is 6.07 Å². The third-order valence-electron chi connectivity index (χ3n) is 3.54. The molecule has 100 valence electrons. The fourth-order valence-electron chi connectivity index (χ4n) is 2.58. The van der Waals surface area contributed by atoms with Crippen LogP contribution in [0.25, 0.3) is 0 Å². The van der Waals surface area contributed by atoms with Gasteiger partial charge in [0.15, 0.2) is 0 Å². The summed E-state index contributed by atoms with van der Waals surface area (Å²) in [5.41, 5.74) is 1.99. The van der Waals surface area contributed by atoms with Gasteiger partial charge in [-0.15, -0.1) is 6.58 Å². The lowest BCUT2D eigenvalue weighted by Crippen LogP contribution is -2.24. The van der Waals surface area contributed by atoms with Crippen LogP contribution in [-0.2, 0) is 12.8 Å². The van der Waals surface area contributed by atoms with Gasteiger partial charge >= 0.3 is 0 Å². The van der Waals surface area contributed by atoms with Crippen molar-refractivity contribution in [3.63, 3.8) is 0 Å². The van der Waals surface area contributed by atoms with Crippen molar-refractivity contribution in [2.24, 2.45) is 5.41 Å². The summed E-state index contributed by atoms with van der Waals surface area (Å²) in [6, 6.07) is 23.0. The van der Waals surface area contributed by atoms with E-state index in [-0.39, 0.29) is 0 Å². The normalized spacial score (nSPS) is 10.8. The van der Waals surface area contributed by atoms with E-state index in [2.05, 4.69) is 36.9 Å². The van der Waals surface area contributed by atoms with Gasteiger partial charge in [0.25, 0.3) is 0 Å². The molecule has 0 aliphatic rings. The van der Waals surface area contributed by atoms with Gasteiger partial charge in [-0.1, -0.05) is 66.7 Å². The van der Waals surface area contributed by atoms with Crippen molar-refractivity contribution in [2.75, 3.05) is 0 Å². The summed E-state index contributed by atoms with van der Waals surface area (Å²) >= 11 is 0. The zero-order valence-corrected chi connectivity index (χ0v) is 11.6. The lowest BCUT2D eigenvalue weighted by atomic mass is 9.75. The van der Waals surface area contributed by atoms with Crippen LogP contribution in [0, 0.1) is 16.7 Å². The van der Waals surface area contributed by atoms with Crippen molar-refractivity contribution in [1.82, 2.24) is 0 Å². The molecule has 0 aromatic heterocycles. The van der Waals surface area contributed by atoms with Gasteiger partial charge in [-0.3, -0.25) is 0 Å². The number of hydrogen-bond acceptors (Lipinski definition) is 1. The first-order valence-corrected chi connectivity index (χ1v) is 6.88. The number of hydrogen-bond donors (Lipinski definition) is 0. The number of allylic oxidation sites excluding steroid dienone is 1. The monoisotopic (exact) mass is 261 g/mol. The predicted octanol–water partition coefficient (Wildman–Crippen LogP) is 4.56. The molecule has 1 heteroatoms. The van der Waals surface area contributed by atoms with Crippen LogP contribution in [0.15, 0.2) is 73.3 Å². The Bertz CT molecular complexity index is 537. The molecule has 0 aliphatic heterocycles. The molecule has 0 radical (unpaired) electrons. The number of benzene rings is 2. The zero-order chi connectivity index (χ0) is 14.3. The van der Waals surface area contributed by atoms with Gasteiger partial charge in [0.05, 0.1) is 11.5 Å². The lowest BCUT2D eigenvalue weighted by Gasteiger charge is -2.25. The Kier molecular flexibility index (Phi) is 4.74. The number of nitriles is 1. The van der Waals surface area contributed by atoms with Crippen molar-refractivity contribution in [3.05, 3.63) is 84.4 Å². The van der Waals surface area contributed by atoms with Gasteiger partial charge in [-0.25, -0.2) is 0 Å². The van der Waals surface area contributed by atoms with Crippen LogP contribution >= 0.6 is 0 Å². The largest absolute Gasteiger partial charge is 0.198 e. The lowest BCUT2D eigenvalue weighted by molar-refractivity contribution is 0.394. The molecule has 2 aromatic rings. The van der Waals surface area contributed by atoms with Crippen molar-refractivity contribution in [2.45, 2.75) is 19.3 Å². The molecule has 0 amide bonds. The third-order valence-corrected chi connectivity index (χ3v) is 3.54. The first kappa shape index (κ1) is 14.1. The molecular weight excluding hydrogens is 242 g/mol. The van der Waals surface area contributed by atoms with Crippen molar-refractivity contribution >= 4 is 0 Å². The van der Waals surface area contributed by atoms with E-state index in [1.165, 1.54) is 11.1 Å². The maximum absolute atomic E-state index is 9.73. The van der Waals surface area contributed by atoms with E-state index in [0.717, 1.165) is 12.8 Å². The summed E-state index contributed by atoms with van der Waals surface area (Å²) < 4.78 is 0. The van der Waals surface area contributed by atoms with Gasteiger partial charge < -0.3 is 0 Å². The average Bonchev–Trinajstić information content (AvgIpc) is 2.49. The highest BCUT2D eigenvalue weighted by molar-refractivity contribution is 5.25. The van der Waals surface area contributed by atoms with Gasteiger partial charge in [0.1, 0.15) is 0 Å². The minimum atomic E-state index is -0.412. The summed E-state index contributed by atoms with van der Waals surface area (Å²) in [5, 5.41) is 9.73. The summed E-state index contributed by atoms with van der Waals surface area (Å²) in [5.74, 6) is 0. The van der Waals surface area contributed by atoms with Gasteiger partial charge in [0.2, 0.25) is 0 Å². The Hall–Kier alpha value is -2.33. The zero-order valence-electron chi connectivity index (χ0n) is 11.6. The van der Waals surface area contributed by atoms with Crippen LogP contribution in [0.4, 0.5) is 0 Å². The molecule has 0 bridgehead atoms. The molecule has 0 saturated carbocycles. The molecule has 0 fully saturated rings. The van der Waals surface area contributed by atoms with E-state index >= 15 is 0 Å². The molecule has 20 heavy (non-hydrogen) atoms. The molecule has 2 aromatic carbocycles. The minimum Gasteiger partial charge on any atom is -0.198 e. The molecule has 0 N–H and O–H groups in total. The molecule has 0 unspecified atom stereocenters. The van der Waals surface area contributed by atoms with Gasteiger partial charge in [-0.2, -0.15) is 5.26 Å². The predicted molar refractivity (Wildman–Crippen MR) is 83.2 cm³/mol. The molecule has 0 aliphatic carbocycles. The highest BCUT2D eigenvalue weighted by Crippen LogP contribution is 2.31. The van der Waals surface area contributed by atoms with Gasteiger partial charge in [-0.05, 0) is 30.4 Å². The SMILES string of the molecule is C=CCC(C#N)(Cc1ccccc1)Cc1ccccc1. The maximum atomic E-state index is 9.73. The minimum absolute atomic E-state index is 0.412. The van der Waals surface area contributed by atoms with Crippen LogP contribution in [0.3, 0.4) is 0 Å². The van der Waals surface area contributed by atoms with Crippen molar-refractivity contribution < 1.29 is 0 Å². The highest BCUT2D eigenvalue weighted by atomic mass is 14.4. The average molecular weight is 261 g/mol. The van der Waals surface area contributed by atoms with Crippen LogP contribution in [0.5, 0.6) is 0 Å². The van der Waals surface area contributed by atoms with Gasteiger partial charge in [0, 0.05) is 0 Å². The maximum Gasteiger partial charge on any atom is 0.0700 e. The Morgan fingerprint density at radius 2 is 1.35 bits per heavy atom. The quantitative estimate of drug-likeness (QED) is 0.699. The highest BCUT2D eigenvalue weighted by Gasteiger charge is 2.29. The second kappa shape index (κ2) is 6.73. The summed E-state index contributed by atoms with van der Waals surface area (Å²) in [6.07, 6.45) is 4.07. The summed E-state index contributed by atoms with van der Waals surface area (Å²) in [7, 11) is 0. The first-order valence-electron chi connectivity index (χ1n) is 6.88. The Balaban J connectivity index is 2.26. The first-order chi connectivity index (χ1) is 9.78. The van der Waals surface area contributed by atoms with E-state index in [1.807, 2.05) is 42.5 Å². The van der Waals surface area contributed by atoms with E-state index in [4.69, 9.17) is 0 Å². The van der Waals surface area contributed by atoms with E-state index in [9.17, 15) is 5.26 Å². The molecule has 2 rings (SSSR count). The third kappa shape index (κ3) is 3.59. The van der Waals surface area contributed by atoms with Crippen LogP contribution in [-0.4, -0.2) is 0 Å². The van der Waals surface area contributed by atoms with Crippen LogP contribution in [0.2, 0.25) is 0 Å². The van der Waals surface area contributed by atoms with E-state index < -0.39 is 5.41 Å².